The molecule has 0 saturated carbocycles. The van der Waals surface area contributed by atoms with E-state index < -0.39 is 6.23 Å². The van der Waals surface area contributed by atoms with Crippen LogP contribution in [0.25, 0.3) is 6.08 Å². The lowest BCUT2D eigenvalue weighted by Gasteiger charge is -2.25. The molecule has 2 aliphatic heterocycles. The Kier molecular flexibility index (Phi) is 3.21. The van der Waals surface area contributed by atoms with Gasteiger partial charge < -0.3 is 20.5 Å². The van der Waals surface area contributed by atoms with Crippen molar-refractivity contribution < 1.29 is 9.84 Å². The normalized spacial score (nSPS) is 23.3. The van der Waals surface area contributed by atoms with Crippen molar-refractivity contribution in [1.82, 2.24) is 10.6 Å². The van der Waals surface area contributed by atoms with Crippen LogP contribution in [0.2, 0.25) is 0 Å². The molecular formula is C14H18N2O2. The molecule has 4 nitrogen and oxygen atoms in total. The van der Waals surface area contributed by atoms with Gasteiger partial charge in [-0.2, -0.15) is 0 Å². The maximum Gasteiger partial charge on any atom is 0.150 e. The second-order valence-electron chi connectivity index (χ2n) is 4.76. The third kappa shape index (κ3) is 2.35. The van der Waals surface area contributed by atoms with Crippen LogP contribution in [0.15, 0.2) is 24.4 Å². The smallest absolute Gasteiger partial charge is 0.150 e. The number of piperidine rings is 1. The van der Waals surface area contributed by atoms with Crippen molar-refractivity contribution in [3.63, 3.8) is 0 Å². The van der Waals surface area contributed by atoms with E-state index >= 15 is 0 Å². The van der Waals surface area contributed by atoms with Gasteiger partial charge in [-0.05, 0) is 55.9 Å². The van der Waals surface area contributed by atoms with E-state index in [9.17, 15) is 5.11 Å². The molecule has 1 aromatic carbocycles. The predicted octanol–water partition coefficient (Wildman–Crippen LogP) is 1.38. The van der Waals surface area contributed by atoms with Gasteiger partial charge in [0.05, 0.1) is 0 Å². The molecule has 1 saturated heterocycles. The van der Waals surface area contributed by atoms with E-state index in [4.69, 9.17) is 4.74 Å². The van der Waals surface area contributed by atoms with Gasteiger partial charge in [0.25, 0.3) is 0 Å². The molecule has 1 unspecified atom stereocenters. The number of ether oxygens (including phenoxy) is 1. The number of aliphatic hydroxyl groups excluding tert-OH is 1. The topological polar surface area (TPSA) is 53.5 Å². The van der Waals surface area contributed by atoms with E-state index in [2.05, 4.69) is 10.6 Å². The Morgan fingerprint density at radius 3 is 2.89 bits per heavy atom. The monoisotopic (exact) mass is 246 g/mol. The summed E-state index contributed by atoms with van der Waals surface area (Å²) in [6, 6.07) is 5.86. The molecule has 0 bridgehead atoms. The molecule has 4 heteroatoms. The zero-order valence-corrected chi connectivity index (χ0v) is 10.2. The average molecular weight is 246 g/mol. The molecule has 3 N–H and O–H groups in total. The van der Waals surface area contributed by atoms with Crippen LogP contribution in [0, 0.1) is 0 Å². The minimum Gasteiger partial charge on any atom is -0.490 e. The standard InChI is InChI=1S/C14H18N2O2/c17-14-13-2-1-12(9-10(13)3-8-16-14)18-11-4-6-15-7-5-11/h1-3,8-9,11,14-17H,4-7H2. The quantitative estimate of drug-likeness (QED) is 0.738. The van der Waals surface area contributed by atoms with Crippen molar-refractivity contribution in [2.24, 2.45) is 0 Å². The predicted molar refractivity (Wildman–Crippen MR) is 70.1 cm³/mol. The fourth-order valence-electron chi connectivity index (χ4n) is 2.44. The lowest BCUT2D eigenvalue weighted by atomic mass is 10.0. The molecule has 0 aliphatic carbocycles. The molecule has 1 atom stereocenters. The highest BCUT2D eigenvalue weighted by atomic mass is 16.5. The summed E-state index contributed by atoms with van der Waals surface area (Å²) < 4.78 is 5.98. The van der Waals surface area contributed by atoms with Crippen molar-refractivity contribution in [3.05, 3.63) is 35.5 Å². The van der Waals surface area contributed by atoms with Crippen LogP contribution in [-0.2, 0) is 0 Å². The Labute approximate surface area is 107 Å². The molecule has 2 aliphatic rings. The molecule has 0 amide bonds. The highest BCUT2D eigenvalue weighted by Gasteiger charge is 2.17. The van der Waals surface area contributed by atoms with Gasteiger partial charge in [-0.3, -0.25) is 0 Å². The van der Waals surface area contributed by atoms with Gasteiger partial charge in [-0.25, -0.2) is 0 Å². The van der Waals surface area contributed by atoms with Crippen LogP contribution >= 0.6 is 0 Å². The highest BCUT2D eigenvalue weighted by molar-refractivity contribution is 5.58. The third-order valence-corrected chi connectivity index (χ3v) is 3.46. The fourth-order valence-corrected chi connectivity index (χ4v) is 2.44. The molecule has 3 rings (SSSR count). The number of rotatable bonds is 2. The number of fused-ring (bicyclic) bond motifs is 1. The van der Waals surface area contributed by atoms with E-state index in [1.165, 1.54) is 0 Å². The first-order valence-corrected chi connectivity index (χ1v) is 6.45. The van der Waals surface area contributed by atoms with Crippen molar-refractivity contribution in [3.8, 4) is 5.75 Å². The van der Waals surface area contributed by atoms with Crippen LogP contribution in [-0.4, -0.2) is 24.3 Å². The number of hydrogen-bond donors (Lipinski definition) is 3. The first kappa shape index (κ1) is 11.6. The van der Waals surface area contributed by atoms with Crippen molar-refractivity contribution in [1.29, 1.82) is 0 Å². The second kappa shape index (κ2) is 5.00. The van der Waals surface area contributed by atoms with Gasteiger partial charge in [-0.15, -0.1) is 0 Å². The SMILES string of the molecule is OC1NC=Cc2cc(OC3CCNCC3)ccc21. The molecule has 0 aromatic heterocycles. The van der Waals surface area contributed by atoms with Gasteiger partial charge in [0, 0.05) is 5.56 Å². The first-order chi connectivity index (χ1) is 8.83. The van der Waals surface area contributed by atoms with Gasteiger partial charge in [0.15, 0.2) is 6.23 Å². The third-order valence-electron chi connectivity index (χ3n) is 3.46. The van der Waals surface area contributed by atoms with Crippen molar-refractivity contribution in [2.45, 2.75) is 25.2 Å². The zero-order chi connectivity index (χ0) is 12.4. The van der Waals surface area contributed by atoms with Crippen LogP contribution in [0.4, 0.5) is 0 Å². The number of nitrogens with one attached hydrogen (secondary N) is 2. The molecule has 1 aromatic rings. The average Bonchev–Trinajstić information content (AvgIpc) is 2.40. The Morgan fingerprint density at radius 1 is 1.22 bits per heavy atom. The summed E-state index contributed by atoms with van der Waals surface area (Å²) in [6.07, 6.45) is 5.52. The van der Waals surface area contributed by atoms with Gasteiger partial charge in [0.2, 0.25) is 0 Å². The Bertz CT molecular complexity index is 453. The Morgan fingerprint density at radius 2 is 2.06 bits per heavy atom. The van der Waals surface area contributed by atoms with Crippen LogP contribution in [0.1, 0.15) is 30.2 Å². The summed E-state index contributed by atoms with van der Waals surface area (Å²) in [6.45, 7) is 2.05. The van der Waals surface area contributed by atoms with E-state index in [-0.39, 0.29) is 0 Å². The van der Waals surface area contributed by atoms with E-state index in [1.54, 1.807) is 6.20 Å². The second-order valence-corrected chi connectivity index (χ2v) is 4.76. The van der Waals surface area contributed by atoms with Crippen molar-refractivity contribution >= 4 is 6.08 Å². The summed E-state index contributed by atoms with van der Waals surface area (Å²) in [4.78, 5) is 0. The fraction of sp³-hybridized carbons (Fsp3) is 0.429. The van der Waals surface area contributed by atoms with E-state index in [1.807, 2.05) is 24.3 Å². The zero-order valence-electron chi connectivity index (χ0n) is 10.2. The van der Waals surface area contributed by atoms with Crippen molar-refractivity contribution in [2.75, 3.05) is 13.1 Å². The lowest BCUT2D eigenvalue weighted by molar-refractivity contribution is 0.153. The molecule has 18 heavy (non-hydrogen) atoms. The molecule has 1 fully saturated rings. The number of hydrogen-bond acceptors (Lipinski definition) is 4. The van der Waals surface area contributed by atoms with Crippen LogP contribution in [0.3, 0.4) is 0 Å². The number of aliphatic hydroxyl groups is 1. The van der Waals surface area contributed by atoms with Gasteiger partial charge in [0.1, 0.15) is 11.9 Å². The van der Waals surface area contributed by atoms with Crippen LogP contribution in [0.5, 0.6) is 5.75 Å². The van der Waals surface area contributed by atoms with Gasteiger partial charge in [-0.1, -0.05) is 6.07 Å². The minimum atomic E-state index is -0.613. The van der Waals surface area contributed by atoms with Crippen LogP contribution < -0.4 is 15.4 Å². The van der Waals surface area contributed by atoms with E-state index in [0.717, 1.165) is 42.8 Å². The lowest BCUT2D eigenvalue weighted by Crippen LogP contribution is -2.34. The highest BCUT2D eigenvalue weighted by Crippen LogP contribution is 2.27. The summed E-state index contributed by atoms with van der Waals surface area (Å²) in [5.41, 5.74) is 1.92. The minimum absolute atomic E-state index is 0.305. The first-order valence-electron chi connectivity index (χ1n) is 6.45. The molecule has 0 spiro atoms. The summed E-state index contributed by atoms with van der Waals surface area (Å²) in [5.74, 6) is 0.888. The maximum absolute atomic E-state index is 9.76. The number of benzene rings is 1. The molecule has 0 radical (unpaired) electrons. The largest absolute Gasteiger partial charge is 0.490 e. The molecular weight excluding hydrogens is 228 g/mol. The summed E-state index contributed by atoms with van der Waals surface area (Å²) in [5, 5.41) is 16.0. The summed E-state index contributed by atoms with van der Waals surface area (Å²) >= 11 is 0. The maximum atomic E-state index is 9.76. The van der Waals surface area contributed by atoms with E-state index in [0.29, 0.717) is 6.10 Å². The molecule has 2 heterocycles. The Balaban J connectivity index is 1.76. The molecule has 96 valence electrons. The Hall–Kier alpha value is -1.52. The van der Waals surface area contributed by atoms with Gasteiger partial charge >= 0.3 is 0 Å². The summed E-state index contributed by atoms with van der Waals surface area (Å²) in [7, 11) is 0.